The number of hydrogen-bond acceptors (Lipinski definition) is 3. The Hall–Kier alpha value is -1.20. The predicted molar refractivity (Wildman–Crippen MR) is 73.2 cm³/mol. The number of aliphatic hydroxyl groups excluding tert-OH is 1. The van der Waals surface area contributed by atoms with Crippen LogP contribution in [-0.2, 0) is 19.9 Å². The van der Waals surface area contributed by atoms with Gasteiger partial charge in [0.1, 0.15) is 0 Å². The minimum Gasteiger partial charge on any atom is -0.388 e. The molecular weight excluding hydrogens is 294 g/mol. The molecule has 0 aliphatic heterocycles. The SMILES string of the molecule is CCc1nn(C)c(CC(O)c2cccnc2)c1Br. The lowest BCUT2D eigenvalue weighted by Crippen LogP contribution is -2.07. The van der Waals surface area contributed by atoms with E-state index in [0.29, 0.717) is 6.42 Å². The van der Waals surface area contributed by atoms with E-state index in [1.165, 1.54) is 0 Å². The van der Waals surface area contributed by atoms with E-state index in [2.05, 4.69) is 32.9 Å². The summed E-state index contributed by atoms with van der Waals surface area (Å²) >= 11 is 3.55. The summed E-state index contributed by atoms with van der Waals surface area (Å²) in [4.78, 5) is 4.02. The Kier molecular flexibility index (Phi) is 4.14. The van der Waals surface area contributed by atoms with Crippen molar-refractivity contribution in [2.45, 2.75) is 25.9 Å². The van der Waals surface area contributed by atoms with E-state index >= 15 is 0 Å². The van der Waals surface area contributed by atoms with Crippen LogP contribution in [0.1, 0.15) is 30.0 Å². The van der Waals surface area contributed by atoms with E-state index in [9.17, 15) is 5.11 Å². The zero-order chi connectivity index (χ0) is 13.1. The zero-order valence-electron chi connectivity index (χ0n) is 10.5. The summed E-state index contributed by atoms with van der Waals surface area (Å²) < 4.78 is 2.82. The minimum absolute atomic E-state index is 0.524. The Morgan fingerprint density at radius 2 is 2.28 bits per heavy atom. The van der Waals surface area contributed by atoms with Gasteiger partial charge in [-0.25, -0.2) is 0 Å². The lowest BCUT2D eigenvalue weighted by molar-refractivity contribution is 0.175. The molecular formula is C13H16BrN3O. The van der Waals surface area contributed by atoms with E-state index < -0.39 is 6.10 Å². The highest BCUT2D eigenvalue weighted by Gasteiger charge is 2.17. The van der Waals surface area contributed by atoms with Crippen LogP contribution in [0.25, 0.3) is 0 Å². The number of rotatable bonds is 4. The molecule has 0 bridgehead atoms. The standard InChI is InChI=1S/C13H16BrN3O/c1-3-10-13(14)11(17(2)16-10)7-12(18)9-5-4-6-15-8-9/h4-6,8,12,18H,3,7H2,1-2H3. The van der Waals surface area contributed by atoms with Crippen molar-refractivity contribution in [3.8, 4) is 0 Å². The van der Waals surface area contributed by atoms with E-state index in [1.807, 2.05) is 23.9 Å². The van der Waals surface area contributed by atoms with Gasteiger partial charge in [0.05, 0.1) is 22.0 Å². The molecule has 18 heavy (non-hydrogen) atoms. The summed E-state index contributed by atoms with van der Waals surface area (Å²) in [6.07, 6.45) is 4.23. The van der Waals surface area contributed by atoms with Crippen LogP contribution < -0.4 is 0 Å². The Labute approximate surface area is 115 Å². The molecule has 96 valence electrons. The van der Waals surface area contributed by atoms with Crippen molar-refractivity contribution in [2.24, 2.45) is 7.05 Å². The summed E-state index contributed by atoms with van der Waals surface area (Å²) in [6, 6.07) is 3.71. The molecule has 0 amide bonds. The Morgan fingerprint density at radius 3 is 2.83 bits per heavy atom. The highest BCUT2D eigenvalue weighted by Crippen LogP contribution is 2.26. The predicted octanol–water partition coefficient (Wildman–Crippen LogP) is 2.42. The van der Waals surface area contributed by atoms with E-state index in [0.717, 1.165) is 27.8 Å². The third kappa shape index (κ3) is 2.62. The maximum atomic E-state index is 10.2. The largest absolute Gasteiger partial charge is 0.388 e. The molecule has 2 aromatic rings. The molecule has 2 rings (SSSR count). The number of aryl methyl sites for hydroxylation is 2. The van der Waals surface area contributed by atoms with Gasteiger partial charge >= 0.3 is 0 Å². The van der Waals surface area contributed by atoms with Gasteiger partial charge in [-0.3, -0.25) is 9.67 Å². The van der Waals surface area contributed by atoms with Crippen molar-refractivity contribution in [3.63, 3.8) is 0 Å². The summed E-state index contributed by atoms with van der Waals surface area (Å²) in [6.45, 7) is 2.06. The first-order valence-electron chi connectivity index (χ1n) is 5.91. The van der Waals surface area contributed by atoms with Gasteiger partial charge in [-0.1, -0.05) is 13.0 Å². The number of pyridine rings is 1. The first kappa shape index (κ1) is 13.2. The van der Waals surface area contributed by atoms with Gasteiger partial charge in [-0.05, 0) is 34.0 Å². The van der Waals surface area contributed by atoms with E-state index in [-0.39, 0.29) is 0 Å². The fraction of sp³-hybridized carbons (Fsp3) is 0.385. The quantitative estimate of drug-likeness (QED) is 0.943. The molecule has 2 heterocycles. The summed E-state index contributed by atoms with van der Waals surface area (Å²) in [5.41, 5.74) is 2.85. The smallest absolute Gasteiger partial charge is 0.0860 e. The van der Waals surface area contributed by atoms with Crippen molar-refractivity contribution < 1.29 is 5.11 Å². The van der Waals surface area contributed by atoms with Crippen LogP contribution in [-0.4, -0.2) is 19.9 Å². The minimum atomic E-state index is -0.560. The van der Waals surface area contributed by atoms with Gasteiger partial charge in [0, 0.05) is 25.9 Å². The molecule has 0 spiro atoms. The van der Waals surface area contributed by atoms with Crippen molar-refractivity contribution in [1.29, 1.82) is 0 Å². The molecule has 1 N–H and O–H groups in total. The third-order valence-electron chi connectivity index (χ3n) is 2.96. The molecule has 0 saturated heterocycles. The van der Waals surface area contributed by atoms with Crippen LogP contribution in [0, 0.1) is 0 Å². The van der Waals surface area contributed by atoms with Crippen molar-refractivity contribution in [3.05, 3.63) is 46.0 Å². The first-order chi connectivity index (χ1) is 8.63. The van der Waals surface area contributed by atoms with Gasteiger partial charge in [0.2, 0.25) is 0 Å². The van der Waals surface area contributed by atoms with Crippen LogP contribution in [0.15, 0.2) is 29.0 Å². The fourth-order valence-electron chi connectivity index (χ4n) is 1.92. The maximum absolute atomic E-state index is 10.2. The summed E-state index contributed by atoms with van der Waals surface area (Å²) in [5.74, 6) is 0. The number of aliphatic hydroxyl groups is 1. The number of hydrogen-bond donors (Lipinski definition) is 1. The number of aromatic nitrogens is 3. The Bertz CT molecular complexity index is 525. The zero-order valence-corrected chi connectivity index (χ0v) is 12.1. The van der Waals surface area contributed by atoms with Crippen LogP contribution in [0.2, 0.25) is 0 Å². The average Bonchev–Trinajstić information content (AvgIpc) is 2.67. The molecule has 0 saturated carbocycles. The van der Waals surface area contributed by atoms with Gasteiger partial charge in [-0.2, -0.15) is 5.10 Å². The number of halogens is 1. The Balaban J connectivity index is 2.22. The van der Waals surface area contributed by atoms with Crippen molar-refractivity contribution in [2.75, 3.05) is 0 Å². The molecule has 1 atom stereocenters. The summed E-state index contributed by atoms with van der Waals surface area (Å²) in [5, 5.41) is 14.6. The second kappa shape index (κ2) is 5.63. The number of nitrogens with zero attached hydrogens (tertiary/aromatic N) is 3. The lowest BCUT2D eigenvalue weighted by atomic mass is 10.1. The van der Waals surface area contributed by atoms with Crippen LogP contribution in [0.3, 0.4) is 0 Å². The van der Waals surface area contributed by atoms with Gasteiger partial charge < -0.3 is 5.11 Å². The van der Waals surface area contributed by atoms with Crippen LogP contribution >= 0.6 is 15.9 Å². The topological polar surface area (TPSA) is 50.9 Å². The molecule has 0 aliphatic carbocycles. The molecule has 5 heteroatoms. The molecule has 4 nitrogen and oxygen atoms in total. The lowest BCUT2D eigenvalue weighted by Gasteiger charge is -2.11. The molecule has 1 unspecified atom stereocenters. The molecule has 0 aromatic carbocycles. The monoisotopic (exact) mass is 309 g/mol. The molecule has 0 radical (unpaired) electrons. The second-order valence-corrected chi connectivity index (χ2v) is 4.98. The third-order valence-corrected chi connectivity index (χ3v) is 3.87. The molecule has 0 aliphatic rings. The van der Waals surface area contributed by atoms with Crippen molar-refractivity contribution >= 4 is 15.9 Å². The van der Waals surface area contributed by atoms with E-state index in [1.54, 1.807) is 12.4 Å². The normalized spacial score (nSPS) is 12.7. The second-order valence-electron chi connectivity index (χ2n) is 4.19. The highest BCUT2D eigenvalue weighted by molar-refractivity contribution is 9.10. The van der Waals surface area contributed by atoms with E-state index in [4.69, 9.17) is 0 Å². The van der Waals surface area contributed by atoms with Gasteiger partial charge in [0.25, 0.3) is 0 Å². The van der Waals surface area contributed by atoms with Crippen LogP contribution in [0.5, 0.6) is 0 Å². The average molecular weight is 310 g/mol. The fourth-order valence-corrected chi connectivity index (χ4v) is 2.69. The highest BCUT2D eigenvalue weighted by atomic mass is 79.9. The maximum Gasteiger partial charge on any atom is 0.0860 e. The first-order valence-corrected chi connectivity index (χ1v) is 6.71. The summed E-state index contributed by atoms with van der Waals surface area (Å²) in [7, 11) is 1.90. The van der Waals surface area contributed by atoms with Crippen LogP contribution in [0.4, 0.5) is 0 Å². The molecule has 2 aromatic heterocycles. The Morgan fingerprint density at radius 1 is 1.50 bits per heavy atom. The van der Waals surface area contributed by atoms with Gasteiger partial charge in [-0.15, -0.1) is 0 Å². The van der Waals surface area contributed by atoms with Crippen molar-refractivity contribution in [1.82, 2.24) is 14.8 Å². The molecule has 0 fully saturated rings. The van der Waals surface area contributed by atoms with Gasteiger partial charge in [0.15, 0.2) is 0 Å².